The zero-order valence-corrected chi connectivity index (χ0v) is 9.40. The summed E-state index contributed by atoms with van der Waals surface area (Å²) < 4.78 is 10.5. The highest BCUT2D eigenvalue weighted by Gasteiger charge is 2.03. The van der Waals surface area contributed by atoms with E-state index >= 15 is 0 Å². The van der Waals surface area contributed by atoms with Gasteiger partial charge in [0.2, 0.25) is 5.91 Å². The second kappa shape index (κ2) is 6.09. The lowest BCUT2D eigenvalue weighted by atomic mass is 10.3. The summed E-state index contributed by atoms with van der Waals surface area (Å²) in [5, 5.41) is 2.67. The highest BCUT2D eigenvalue weighted by molar-refractivity contribution is 5.88. The van der Waals surface area contributed by atoms with Crippen molar-refractivity contribution in [1.82, 2.24) is 0 Å². The molecule has 0 fully saturated rings. The molecule has 0 radical (unpaired) electrons. The molecule has 1 rings (SSSR count). The maximum Gasteiger partial charge on any atom is 0.221 e. The Bertz CT molecular complexity index is 355. The van der Waals surface area contributed by atoms with Crippen molar-refractivity contribution in [2.24, 2.45) is 5.73 Å². The lowest BCUT2D eigenvalue weighted by molar-refractivity contribution is -0.114. The van der Waals surface area contributed by atoms with Crippen molar-refractivity contribution >= 4 is 11.6 Å². The van der Waals surface area contributed by atoms with E-state index in [1.165, 1.54) is 6.92 Å². The normalized spacial score (nSPS) is 11.9. The van der Waals surface area contributed by atoms with Crippen molar-refractivity contribution < 1.29 is 14.3 Å². The first-order valence-electron chi connectivity index (χ1n) is 4.98. The zero-order chi connectivity index (χ0) is 12.0. The summed E-state index contributed by atoms with van der Waals surface area (Å²) in [5.41, 5.74) is 5.90. The molecule has 0 aromatic heterocycles. The van der Waals surface area contributed by atoms with Crippen molar-refractivity contribution in [3.63, 3.8) is 0 Å². The summed E-state index contributed by atoms with van der Waals surface area (Å²) in [4.78, 5) is 10.9. The molecule has 0 aliphatic heterocycles. The molecule has 0 heterocycles. The monoisotopic (exact) mass is 224 g/mol. The molecule has 0 aliphatic rings. The first kappa shape index (κ1) is 12.5. The number of carbonyl (C=O) groups excluding carboxylic acids is 1. The number of carbonyl (C=O) groups is 1. The third kappa shape index (κ3) is 4.29. The number of benzene rings is 1. The average Bonchev–Trinajstić information content (AvgIpc) is 2.17. The van der Waals surface area contributed by atoms with E-state index in [1.807, 2.05) is 0 Å². The summed E-state index contributed by atoms with van der Waals surface area (Å²) >= 11 is 0. The molecule has 0 saturated heterocycles. The Morgan fingerprint density at radius 3 is 2.94 bits per heavy atom. The number of amides is 1. The molecule has 0 bridgehead atoms. The molecule has 0 spiro atoms. The van der Waals surface area contributed by atoms with E-state index in [0.29, 0.717) is 11.4 Å². The molecule has 0 saturated carbocycles. The number of ether oxygens (including phenoxy) is 2. The molecular formula is C11H16N2O3. The number of nitrogens with two attached hydrogens (primary N) is 1. The fourth-order valence-electron chi connectivity index (χ4n) is 1.21. The Hall–Kier alpha value is -1.59. The number of hydrogen-bond acceptors (Lipinski definition) is 4. The number of rotatable bonds is 5. The topological polar surface area (TPSA) is 73.6 Å². The molecule has 1 aromatic carbocycles. The van der Waals surface area contributed by atoms with Gasteiger partial charge < -0.3 is 20.5 Å². The Morgan fingerprint density at radius 1 is 1.56 bits per heavy atom. The molecule has 5 nitrogen and oxygen atoms in total. The summed E-state index contributed by atoms with van der Waals surface area (Å²) in [5.74, 6) is 0.496. The lowest BCUT2D eigenvalue weighted by Crippen LogP contribution is -2.20. The average molecular weight is 224 g/mol. The smallest absolute Gasteiger partial charge is 0.221 e. The van der Waals surface area contributed by atoms with Crippen LogP contribution in [0.3, 0.4) is 0 Å². The minimum Gasteiger partial charge on any atom is -0.465 e. The fourth-order valence-corrected chi connectivity index (χ4v) is 1.21. The number of hydrogen-bond donors (Lipinski definition) is 2. The lowest BCUT2D eigenvalue weighted by Gasteiger charge is -2.14. The van der Waals surface area contributed by atoms with Crippen LogP contribution < -0.4 is 15.8 Å². The molecule has 88 valence electrons. The van der Waals surface area contributed by atoms with E-state index in [1.54, 1.807) is 31.2 Å². The van der Waals surface area contributed by atoms with Crippen LogP contribution in [0.25, 0.3) is 0 Å². The summed E-state index contributed by atoms with van der Waals surface area (Å²) in [6, 6.07) is 7.07. The van der Waals surface area contributed by atoms with Crippen molar-refractivity contribution in [1.29, 1.82) is 0 Å². The summed E-state index contributed by atoms with van der Waals surface area (Å²) in [6.07, 6.45) is -0.419. The second-order valence-corrected chi connectivity index (χ2v) is 3.23. The van der Waals surface area contributed by atoms with Crippen LogP contribution in [0.15, 0.2) is 24.3 Å². The van der Waals surface area contributed by atoms with Gasteiger partial charge in [0.1, 0.15) is 5.75 Å². The quantitative estimate of drug-likeness (QED) is 0.739. The number of anilines is 1. The van der Waals surface area contributed by atoms with Crippen molar-refractivity contribution in [2.75, 3.05) is 12.0 Å². The minimum absolute atomic E-state index is 0.104. The van der Waals surface area contributed by atoms with E-state index in [0.717, 1.165) is 0 Å². The van der Waals surface area contributed by atoms with Crippen LogP contribution in [0.1, 0.15) is 13.8 Å². The van der Waals surface area contributed by atoms with Gasteiger partial charge in [-0.25, -0.2) is 0 Å². The van der Waals surface area contributed by atoms with E-state index in [-0.39, 0.29) is 12.6 Å². The summed E-state index contributed by atoms with van der Waals surface area (Å²) in [7, 11) is 0. The van der Waals surface area contributed by atoms with Gasteiger partial charge in [0.15, 0.2) is 6.29 Å². The summed E-state index contributed by atoms with van der Waals surface area (Å²) in [6.45, 7) is 3.30. The standard InChI is InChI=1S/C11H16N2O3/c1-8(14)13-10-4-3-5-11(6-10)16-9(2)15-7-12/h3-6,9H,7,12H2,1-2H3,(H,13,14). The van der Waals surface area contributed by atoms with E-state index in [4.69, 9.17) is 15.2 Å². The SMILES string of the molecule is CC(=O)Nc1cccc(OC(C)OCN)c1. The van der Waals surface area contributed by atoms with Gasteiger partial charge in [-0.2, -0.15) is 0 Å². The molecule has 1 amide bonds. The predicted octanol–water partition coefficient (Wildman–Crippen LogP) is 1.30. The van der Waals surface area contributed by atoms with Gasteiger partial charge in [0.05, 0.1) is 6.73 Å². The third-order valence-corrected chi connectivity index (χ3v) is 1.79. The largest absolute Gasteiger partial charge is 0.465 e. The first-order chi connectivity index (χ1) is 7.61. The van der Waals surface area contributed by atoms with E-state index < -0.39 is 6.29 Å². The van der Waals surface area contributed by atoms with Crippen LogP contribution >= 0.6 is 0 Å². The Kier molecular flexibility index (Phi) is 4.75. The Balaban J connectivity index is 2.63. The van der Waals surface area contributed by atoms with Gasteiger partial charge in [-0.15, -0.1) is 0 Å². The van der Waals surface area contributed by atoms with Crippen LogP contribution in [-0.2, 0) is 9.53 Å². The van der Waals surface area contributed by atoms with Gasteiger partial charge in [0, 0.05) is 18.7 Å². The minimum atomic E-state index is -0.419. The van der Waals surface area contributed by atoms with Crippen LogP contribution in [0.4, 0.5) is 5.69 Å². The van der Waals surface area contributed by atoms with Crippen LogP contribution in [0, 0.1) is 0 Å². The molecule has 3 N–H and O–H groups in total. The molecule has 0 aliphatic carbocycles. The predicted molar refractivity (Wildman–Crippen MR) is 61.0 cm³/mol. The van der Waals surface area contributed by atoms with E-state index in [2.05, 4.69) is 5.32 Å². The first-order valence-corrected chi connectivity index (χ1v) is 4.98. The second-order valence-electron chi connectivity index (χ2n) is 3.23. The van der Waals surface area contributed by atoms with Crippen LogP contribution in [0.5, 0.6) is 5.75 Å². The molecule has 1 unspecified atom stereocenters. The van der Waals surface area contributed by atoms with Crippen molar-refractivity contribution in [2.45, 2.75) is 20.1 Å². The van der Waals surface area contributed by atoms with Crippen molar-refractivity contribution in [3.8, 4) is 5.75 Å². The number of nitrogens with one attached hydrogen (secondary N) is 1. The Morgan fingerprint density at radius 2 is 2.31 bits per heavy atom. The highest BCUT2D eigenvalue weighted by atomic mass is 16.7. The third-order valence-electron chi connectivity index (χ3n) is 1.79. The molecule has 5 heteroatoms. The van der Waals surface area contributed by atoms with E-state index in [9.17, 15) is 4.79 Å². The molecule has 16 heavy (non-hydrogen) atoms. The molecule has 1 atom stereocenters. The zero-order valence-electron chi connectivity index (χ0n) is 9.40. The van der Waals surface area contributed by atoms with Crippen molar-refractivity contribution in [3.05, 3.63) is 24.3 Å². The fraction of sp³-hybridized carbons (Fsp3) is 0.364. The maximum atomic E-state index is 10.9. The Labute approximate surface area is 94.5 Å². The maximum absolute atomic E-state index is 10.9. The van der Waals surface area contributed by atoms with Crippen LogP contribution in [-0.4, -0.2) is 18.9 Å². The van der Waals surface area contributed by atoms with Gasteiger partial charge in [0.25, 0.3) is 0 Å². The van der Waals surface area contributed by atoms with Gasteiger partial charge in [-0.05, 0) is 19.1 Å². The van der Waals surface area contributed by atoms with Gasteiger partial charge in [-0.1, -0.05) is 6.07 Å². The van der Waals surface area contributed by atoms with Gasteiger partial charge in [-0.3, -0.25) is 4.79 Å². The van der Waals surface area contributed by atoms with Crippen LogP contribution in [0.2, 0.25) is 0 Å². The molecular weight excluding hydrogens is 208 g/mol. The van der Waals surface area contributed by atoms with Gasteiger partial charge >= 0.3 is 0 Å². The highest BCUT2D eigenvalue weighted by Crippen LogP contribution is 2.18. The molecule has 1 aromatic rings.